The molecule has 146 valence electrons. The van der Waals surface area contributed by atoms with Crippen LogP contribution < -0.4 is 10.5 Å². The third-order valence-electron chi connectivity index (χ3n) is 4.81. The van der Waals surface area contributed by atoms with E-state index >= 15 is 0 Å². The van der Waals surface area contributed by atoms with Crippen molar-refractivity contribution in [3.63, 3.8) is 0 Å². The number of hydrogen-bond donors (Lipinski definition) is 5. The zero-order chi connectivity index (χ0) is 19.9. The highest BCUT2D eigenvalue weighted by Gasteiger charge is 2.35. The second-order valence-corrected chi connectivity index (χ2v) is 6.57. The van der Waals surface area contributed by atoms with E-state index in [9.17, 15) is 9.59 Å². The normalized spacial score (nSPS) is 24.6. The van der Waals surface area contributed by atoms with Crippen molar-refractivity contribution in [3.8, 4) is 5.75 Å². The molecular formula is C18H27NO7. The molecule has 0 heterocycles. The Balaban J connectivity index is 0.000000294. The number of benzene rings is 1. The number of carboxylic acids is 2. The van der Waals surface area contributed by atoms with Gasteiger partial charge in [-0.2, -0.15) is 0 Å². The highest BCUT2D eigenvalue weighted by molar-refractivity contribution is 5.83. The lowest BCUT2D eigenvalue weighted by atomic mass is 9.68. The van der Waals surface area contributed by atoms with Gasteiger partial charge in [0.25, 0.3) is 0 Å². The van der Waals surface area contributed by atoms with Crippen molar-refractivity contribution in [2.75, 3.05) is 7.11 Å². The fraction of sp³-hybridized carbons (Fsp3) is 0.556. The molecule has 0 spiro atoms. The van der Waals surface area contributed by atoms with Gasteiger partial charge in [-0.25, -0.2) is 9.59 Å². The first-order valence-corrected chi connectivity index (χ1v) is 8.35. The number of rotatable bonds is 5. The van der Waals surface area contributed by atoms with Gasteiger partial charge in [-0.1, -0.05) is 31.9 Å². The summed E-state index contributed by atoms with van der Waals surface area (Å²) in [5, 5.41) is 32.5. The molecule has 0 amide bonds. The second kappa shape index (κ2) is 9.51. The molecule has 0 radical (unpaired) electrons. The van der Waals surface area contributed by atoms with E-state index in [-0.39, 0.29) is 11.5 Å². The molecular weight excluding hydrogens is 342 g/mol. The fourth-order valence-electron chi connectivity index (χ4n) is 2.97. The van der Waals surface area contributed by atoms with Crippen LogP contribution in [0.1, 0.15) is 38.2 Å². The summed E-state index contributed by atoms with van der Waals surface area (Å²) < 4.78 is 5.29. The quantitative estimate of drug-likeness (QED) is 0.510. The number of carbonyl (C=O) groups is 2. The van der Waals surface area contributed by atoms with Crippen LogP contribution in [0.4, 0.5) is 0 Å². The maximum atomic E-state index is 9.77. The maximum absolute atomic E-state index is 9.77. The van der Waals surface area contributed by atoms with Crippen molar-refractivity contribution in [3.05, 3.63) is 29.8 Å². The van der Waals surface area contributed by atoms with Crippen molar-refractivity contribution >= 4 is 11.9 Å². The van der Waals surface area contributed by atoms with Gasteiger partial charge >= 0.3 is 11.9 Å². The van der Waals surface area contributed by atoms with Gasteiger partial charge in [-0.15, -0.1) is 0 Å². The number of carboxylic acid groups (broad SMARTS) is 2. The van der Waals surface area contributed by atoms with Crippen LogP contribution in [0.15, 0.2) is 24.3 Å². The van der Waals surface area contributed by atoms with Crippen molar-refractivity contribution in [2.45, 2.75) is 56.3 Å². The van der Waals surface area contributed by atoms with Crippen LogP contribution in [-0.4, -0.2) is 57.7 Å². The minimum atomic E-state index is -2.27. The smallest absolute Gasteiger partial charge is 0.335 e. The molecule has 6 N–H and O–H groups in total. The number of aliphatic carboxylic acids is 2. The van der Waals surface area contributed by atoms with Gasteiger partial charge < -0.3 is 30.9 Å². The molecule has 0 saturated heterocycles. The van der Waals surface area contributed by atoms with Crippen molar-refractivity contribution in [1.29, 1.82) is 0 Å². The van der Waals surface area contributed by atoms with Crippen molar-refractivity contribution < 1.29 is 34.8 Å². The average Bonchev–Trinajstić information content (AvgIpc) is 2.63. The molecule has 8 nitrogen and oxygen atoms in total. The molecule has 8 heteroatoms. The molecule has 26 heavy (non-hydrogen) atoms. The number of aliphatic hydroxyl groups is 2. The van der Waals surface area contributed by atoms with Crippen molar-refractivity contribution in [2.24, 2.45) is 5.73 Å². The highest BCUT2D eigenvalue weighted by Crippen LogP contribution is 2.39. The molecule has 1 aromatic rings. The highest BCUT2D eigenvalue weighted by atomic mass is 16.5. The Morgan fingerprint density at radius 3 is 2.23 bits per heavy atom. The fourth-order valence-corrected chi connectivity index (χ4v) is 2.97. The number of methoxy groups -OCH3 is 1. The van der Waals surface area contributed by atoms with Gasteiger partial charge in [-0.05, 0) is 30.5 Å². The summed E-state index contributed by atoms with van der Waals surface area (Å²) in [5.41, 5.74) is 7.73. The predicted octanol–water partition coefficient (Wildman–Crippen LogP) is 0.732. The van der Waals surface area contributed by atoms with E-state index in [2.05, 4.69) is 25.1 Å². The summed E-state index contributed by atoms with van der Waals surface area (Å²) in [6.45, 7) is 2.28. The zero-order valence-electron chi connectivity index (χ0n) is 15.0. The first-order chi connectivity index (χ1) is 12.1. The Labute approximate surface area is 152 Å². The topological polar surface area (TPSA) is 150 Å². The Kier molecular flexibility index (Phi) is 8.01. The number of aliphatic hydroxyl groups excluding tert-OH is 2. The third kappa shape index (κ3) is 5.42. The van der Waals surface area contributed by atoms with E-state index in [1.54, 1.807) is 7.11 Å². The summed E-state index contributed by atoms with van der Waals surface area (Å²) >= 11 is 0. The van der Waals surface area contributed by atoms with E-state index in [0.717, 1.165) is 12.2 Å². The molecule has 1 fully saturated rings. The van der Waals surface area contributed by atoms with Gasteiger partial charge in [0.2, 0.25) is 0 Å². The lowest BCUT2D eigenvalue weighted by Gasteiger charge is -2.40. The minimum Gasteiger partial charge on any atom is -0.497 e. The predicted molar refractivity (Wildman–Crippen MR) is 94.1 cm³/mol. The maximum Gasteiger partial charge on any atom is 0.335 e. The standard InChI is InChI=1S/C14H21NO.C4H6O6/c1-14(9-4-3-8-13(14)15)11-6-5-7-12(10-11)16-2;5-1(3(7)8)2(6)4(9)10/h5-7,10,13H,3-4,8-9,15H2,1-2H3;1-2,5-6H,(H,7,8)(H,9,10). The molecule has 2 rings (SSSR count). The Morgan fingerprint density at radius 2 is 1.77 bits per heavy atom. The van der Waals surface area contributed by atoms with Gasteiger partial charge in [0.05, 0.1) is 7.11 Å². The summed E-state index contributed by atoms with van der Waals surface area (Å²) in [6, 6.07) is 8.62. The molecule has 0 aromatic heterocycles. The largest absolute Gasteiger partial charge is 0.497 e. The Bertz CT molecular complexity index is 603. The summed E-state index contributed by atoms with van der Waals surface area (Å²) in [7, 11) is 1.71. The Hall–Kier alpha value is -2.16. The Morgan fingerprint density at radius 1 is 1.19 bits per heavy atom. The summed E-state index contributed by atoms with van der Waals surface area (Å²) in [5.74, 6) is -2.61. The van der Waals surface area contributed by atoms with Crippen LogP contribution in [-0.2, 0) is 15.0 Å². The molecule has 1 aliphatic carbocycles. The van der Waals surface area contributed by atoms with Gasteiger partial charge in [0, 0.05) is 11.5 Å². The molecule has 1 saturated carbocycles. The summed E-state index contributed by atoms with van der Waals surface area (Å²) in [6.07, 6.45) is 0.326. The number of ether oxygens (including phenoxy) is 1. The SMILES string of the molecule is COc1cccc(C2(C)CCCCC2N)c1.O=C(O)C(O)C(O)C(=O)O. The first-order valence-electron chi connectivity index (χ1n) is 8.35. The molecule has 4 unspecified atom stereocenters. The monoisotopic (exact) mass is 369 g/mol. The van der Waals surface area contributed by atoms with Gasteiger partial charge in [0.15, 0.2) is 12.2 Å². The van der Waals surface area contributed by atoms with Crippen LogP contribution in [0.5, 0.6) is 5.75 Å². The molecule has 0 aliphatic heterocycles. The first kappa shape index (κ1) is 21.9. The van der Waals surface area contributed by atoms with E-state index in [0.29, 0.717) is 0 Å². The van der Waals surface area contributed by atoms with Crippen LogP contribution in [0, 0.1) is 0 Å². The minimum absolute atomic E-state index is 0.118. The van der Waals surface area contributed by atoms with Crippen molar-refractivity contribution in [1.82, 2.24) is 0 Å². The number of nitrogens with two attached hydrogens (primary N) is 1. The van der Waals surface area contributed by atoms with E-state index in [4.69, 9.17) is 30.9 Å². The molecule has 4 atom stereocenters. The van der Waals surface area contributed by atoms with E-state index in [1.165, 1.54) is 24.8 Å². The van der Waals surface area contributed by atoms with Crippen LogP contribution >= 0.6 is 0 Å². The van der Waals surface area contributed by atoms with E-state index < -0.39 is 24.1 Å². The molecule has 1 aliphatic rings. The van der Waals surface area contributed by atoms with Gasteiger partial charge in [0.1, 0.15) is 5.75 Å². The third-order valence-corrected chi connectivity index (χ3v) is 4.81. The zero-order valence-corrected chi connectivity index (χ0v) is 15.0. The van der Waals surface area contributed by atoms with Crippen LogP contribution in [0.2, 0.25) is 0 Å². The molecule has 1 aromatic carbocycles. The lowest BCUT2D eigenvalue weighted by Crippen LogP contribution is -2.45. The molecule has 0 bridgehead atoms. The second-order valence-electron chi connectivity index (χ2n) is 6.57. The summed E-state index contributed by atoms with van der Waals surface area (Å²) in [4.78, 5) is 19.5. The van der Waals surface area contributed by atoms with Crippen LogP contribution in [0.3, 0.4) is 0 Å². The number of hydrogen-bond acceptors (Lipinski definition) is 6. The lowest BCUT2D eigenvalue weighted by molar-refractivity contribution is -0.165. The van der Waals surface area contributed by atoms with E-state index in [1.807, 2.05) is 6.07 Å². The average molecular weight is 369 g/mol. The van der Waals surface area contributed by atoms with Crippen LogP contribution in [0.25, 0.3) is 0 Å². The van der Waals surface area contributed by atoms with Gasteiger partial charge in [-0.3, -0.25) is 0 Å².